The lowest BCUT2D eigenvalue weighted by Crippen LogP contribution is -2.67. The van der Waals surface area contributed by atoms with Crippen molar-refractivity contribution in [3.05, 3.63) is 113 Å². The van der Waals surface area contributed by atoms with E-state index >= 15 is 0 Å². The van der Waals surface area contributed by atoms with Crippen LogP contribution in [0.5, 0.6) is 28.7 Å². The molecule has 5 aliphatic rings. The van der Waals surface area contributed by atoms with Crippen LogP contribution < -0.4 is 29.0 Å². The van der Waals surface area contributed by atoms with Crippen LogP contribution in [-0.4, -0.2) is 94.5 Å². The number of cyclic esters (lactones) is 1. The van der Waals surface area contributed by atoms with Gasteiger partial charge >= 0.3 is 18.2 Å². The van der Waals surface area contributed by atoms with Crippen LogP contribution in [0.1, 0.15) is 46.8 Å². The highest BCUT2D eigenvalue weighted by Crippen LogP contribution is 2.57. The monoisotopic (exact) mass is 855 g/mol. The zero-order valence-corrected chi connectivity index (χ0v) is 34.0. The molecular formula is C45H45NO16. The number of fused-ring (bicyclic) bond motifs is 4. The van der Waals surface area contributed by atoms with Gasteiger partial charge in [-0.15, -0.1) is 0 Å². The third kappa shape index (κ3) is 8.16. The lowest BCUT2D eigenvalue weighted by atomic mass is 9.66. The number of benzene rings is 4. The molecule has 326 valence electrons. The van der Waals surface area contributed by atoms with Crippen molar-refractivity contribution < 1.29 is 76.3 Å². The molecule has 4 heterocycles. The van der Waals surface area contributed by atoms with Crippen molar-refractivity contribution >= 4 is 18.2 Å². The van der Waals surface area contributed by atoms with Gasteiger partial charge in [-0.05, 0) is 59.0 Å². The van der Waals surface area contributed by atoms with E-state index in [0.717, 1.165) is 11.1 Å². The molecule has 0 unspecified atom stereocenters. The van der Waals surface area contributed by atoms with Crippen molar-refractivity contribution in [2.75, 3.05) is 34.2 Å². The van der Waals surface area contributed by atoms with Crippen LogP contribution in [0.3, 0.4) is 0 Å². The SMILES string of the molecule is COc1cc([C@@H]2c3cc4c(cc3[C@@H](O[C@H]3O[C@@H]5CO[C@@H](C)O[C@H]5[C@H](O)[C@H]3NC(=O)OCc3ccccc3)[C@H]3COC(=O)[C@H]23)OCO4)cc(OC)c1OC(=O)OCc1ccccc1. The molecule has 3 fully saturated rings. The minimum absolute atomic E-state index is 0.0201. The summed E-state index contributed by atoms with van der Waals surface area (Å²) in [6.07, 6.45) is -7.63. The summed E-state index contributed by atoms with van der Waals surface area (Å²) in [5, 5.41) is 14.6. The molecule has 1 aliphatic carbocycles. The number of ether oxygens (including phenoxy) is 12. The van der Waals surface area contributed by atoms with E-state index in [2.05, 4.69) is 5.32 Å². The average Bonchev–Trinajstić information content (AvgIpc) is 3.92. The summed E-state index contributed by atoms with van der Waals surface area (Å²) in [6, 6.07) is 24.0. The molecule has 1 amide bonds. The van der Waals surface area contributed by atoms with Gasteiger partial charge in [-0.2, -0.15) is 0 Å². The summed E-state index contributed by atoms with van der Waals surface area (Å²) in [5.41, 5.74) is 3.33. The first-order valence-corrected chi connectivity index (χ1v) is 20.2. The molecule has 17 heteroatoms. The third-order valence-electron chi connectivity index (χ3n) is 11.6. The first-order valence-electron chi connectivity index (χ1n) is 20.2. The normalized spacial score (nSPS) is 28.0. The van der Waals surface area contributed by atoms with Crippen molar-refractivity contribution in [1.82, 2.24) is 5.32 Å². The number of rotatable bonds is 11. The van der Waals surface area contributed by atoms with E-state index in [9.17, 15) is 19.5 Å². The second-order valence-corrected chi connectivity index (χ2v) is 15.3. The van der Waals surface area contributed by atoms with Gasteiger partial charge in [0.2, 0.25) is 12.5 Å². The number of hydrogen-bond donors (Lipinski definition) is 2. The summed E-state index contributed by atoms with van der Waals surface area (Å²) in [7, 11) is 2.83. The molecule has 0 bridgehead atoms. The van der Waals surface area contributed by atoms with Gasteiger partial charge in [0.05, 0.1) is 39.5 Å². The van der Waals surface area contributed by atoms with Gasteiger partial charge in [0, 0.05) is 11.8 Å². The molecule has 0 saturated carbocycles. The highest BCUT2D eigenvalue weighted by Gasteiger charge is 2.56. The Labute approximate surface area is 355 Å². The Morgan fingerprint density at radius 1 is 0.806 bits per heavy atom. The highest BCUT2D eigenvalue weighted by molar-refractivity contribution is 5.79. The minimum atomic E-state index is -1.32. The largest absolute Gasteiger partial charge is 0.514 e. The van der Waals surface area contributed by atoms with Gasteiger partial charge in [0.15, 0.2) is 35.6 Å². The Morgan fingerprint density at radius 3 is 2.11 bits per heavy atom. The van der Waals surface area contributed by atoms with Gasteiger partial charge in [0.1, 0.15) is 37.6 Å². The van der Waals surface area contributed by atoms with Crippen LogP contribution >= 0.6 is 0 Å². The van der Waals surface area contributed by atoms with E-state index in [4.69, 9.17) is 56.8 Å². The fourth-order valence-corrected chi connectivity index (χ4v) is 8.72. The summed E-state index contributed by atoms with van der Waals surface area (Å²) >= 11 is 0. The Balaban J connectivity index is 1.05. The topological polar surface area (TPSA) is 194 Å². The van der Waals surface area contributed by atoms with Crippen molar-refractivity contribution in [3.63, 3.8) is 0 Å². The van der Waals surface area contributed by atoms with Crippen molar-refractivity contribution in [3.8, 4) is 28.7 Å². The van der Waals surface area contributed by atoms with Crippen LogP contribution in [0.25, 0.3) is 0 Å². The van der Waals surface area contributed by atoms with Crippen LogP contribution in [0, 0.1) is 11.8 Å². The van der Waals surface area contributed by atoms with E-state index in [1.807, 2.05) is 60.7 Å². The quantitative estimate of drug-likeness (QED) is 0.112. The number of aliphatic hydroxyl groups excluding tert-OH is 1. The molecule has 9 rings (SSSR count). The Hall–Kier alpha value is -6.11. The van der Waals surface area contributed by atoms with Crippen molar-refractivity contribution in [2.24, 2.45) is 11.8 Å². The van der Waals surface area contributed by atoms with E-state index in [1.54, 1.807) is 31.2 Å². The Morgan fingerprint density at radius 2 is 1.45 bits per heavy atom. The van der Waals surface area contributed by atoms with E-state index in [1.165, 1.54) is 14.2 Å². The molecule has 3 saturated heterocycles. The number of alkyl carbamates (subject to hydrolysis) is 1. The molecule has 4 aromatic carbocycles. The number of esters is 1. The maximum atomic E-state index is 14.0. The molecule has 4 aliphatic heterocycles. The number of amides is 1. The highest BCUT2D eigenvalue weighted by atomic mass is 16.8. The number of nitrogens with one attached hydrogen (secondary N) is 1. The van der Waals surface area contributed by atoms with Gasteiger partial charge in [-0.3, -0.25) is 4.79 Å². The van der Waals surface area contributed by atoms with E-state index in [-0.39, 0.29) is 50.5 Å². The fraction of sp³-hybridized carbons (Fsp3) is 0.400. The summed E-state index contributed by atoms with van der Waals surface area (Å²) in [5.74, 6) is -1.55. The number of carbonyl (C=O) groups is 3. The van der Waals surface area contributed by atoms with E-state index in [0.29, 0.717) is 28.2 Å². The lowest BCUT2D eigenvalue weighted by molar-refractivity contribution is -0.346. The molecule has 0 aromatic heterocycles. The van der Waals surface area contributed by atoms with Crippen LogP contribution in [0.15, 0.2) is 84.9 Å². The van der Waals surface area contributed by atoms with Gasteiger partial charge in [0.25, 0.3) is 0 Å². The molecule has 17 nitrogen and oxygen atoms in total. The molecular weight excluding hydrogens is 810 g/mol. The molecule has 4 aromatic rings. The smallest absolute Gasteiger partial charge is 0.493 e. The number of carbonyl (C=O) groups excluding carboxylic acids is 3. The van der Waals surface area contributed by atoms with Crippen LogP contribution in [0.2, 0.25) is 0 Å². The molecule has 62 heavy (non-hydrogen) atoms. The molecule has 10 atom stereocenters. The molecule has 2 N–H and O–H groups in total. The predicted octanol–water partition coefficient (Wildman–Crippen LogP) is 5.28. The molecule has 0 spiro atoms. The minimum Gasteiger partial charge on any atom is -0.493 e. The second-order valence-electron chi connectivity index (χ2n) is 15.3. The average molecular weight is 856 g/mol. The number of hydrogen-bond acceptors (Lipinski definition) is 16. The zero-order valence-electron chi connectivity index (χ0n) is 34.0. The van der Waals surface area contributed by atoms with Gasteiger partial charge < -0.3 is 67.3 Å². The zero-order chi connectivity index (χ0) is 42.9. The Kier molecular flexibility index (Phi) is 11.8. The maximum Gasteiger partial charge on any atom is 0.514 e. The lowest BCUT2D eigenvalue weighted by Gasteiger charge is -2.49. The first-order chi connectivity index (χ1) is 30.2. The summed E-state index contributed by atoms with van der Waals surface area (Å²) < 4.78 is 70.5. The van der Waals surface area contributed by atoms with Crippen molar-refractivity contribution in [1.29, 1.82) is 0 Å². The Bertz CT molecular complexity index is 2250. The van der Waals surface area contributed by atoms with Gasteiger partial charge in [-0.1, -0.05) is 60.7 Å². The van der Waals surface area contributed by atoms with Crippen LogP contribution in [-0.2, 0) is 51.2 Å². The second kappa shape index (κ2) is 17.7. The van der Waals surface area contributed by atoms with Crippen LogP contribution in [0.4, 0.5) is 9.59 Å². The number of methoxy groups -OCH3 is 2. The van der Waals surface area contributed by atoms with Crippen molar-refractivity contribution in [2.45, 2.75) is 69.1 Å². The standard InChI is InChI=1S/C45H45NO16/c1-23-53-21-34-41(59-23)38(47)37(46-44(49)55-18-24-10-6-4-7-11-24)43(60-34)61-39-28-17-31-30(57-22-58-31)16-27(28)35(36-29(39)20-54-42(36)48)26-14-32(51-2)40(33(15-26)52-3)62-45(50)56-19-25-12-8-5-9-13-25/h4-17,23,29,34-39,41,43,47H,18-22H2,1-3H3,(H,46,49)/t23-,29+,34-,35-,36+,37-,38-,39-,41-,43-/m1/s1. The summed E-state index contributed by atoms with van der Waals surface area (Å²) in [6.45, 7) is 1.67. The fourth-order valence-electron chi connectivity index (χ4n) is 8.72. The number of aliphatic hydroxyl groups is 1. The van der Waals surface area contributed by atoms with Gasteiger partial charge in [-0.25, -0.2) is 9.59 Å². The molecule has 0 radical (unpaired) electrons. The maximum absolute atomic E-state index is 14.0. The first kappa shape index (κ1) is 41.3. The predicted molar refractivity (Wildman–Crippen MR) is 211 cm³/mol. The third-order valence-corrected chi connectivity index (χ3v) is 11.6. The van der Waals surface area contributed by atoms with E-state index < -0.39 is 79.0 Å². The summed E-state index contributed by atoms with van der Waals surface area (Å²) in [4.78, 5) is 40.3.